The molecule has 3 aromatic carbocycles. The third-order valence-corrected chi connectivity index (χ3v) is 7.30. The highest BCUT2D eigenvalue weighted by atomic mass is 32.2. The Morgan fingerprint density at radius 2 is 1.82 bits per heavy atom. The zero-order valence-electron chi connectivity index (χ0n) is 22.0. The van der Waals surface area contributed by atoms with Gasteiger partial charge in [0.15, 0.2) is 5.17 Å². The molecule has 1 unspecified atom stereocenters. The van der Waals surface area contributed by atoms with Gasteiger partial charge < -0.3 is 10.1 Å². The summed E-state index contributed by atoms with van der Waals surface area (Å²) >= 11 is 1.08. The van der Waals surface area contributed by atoms with Crippen molar-refractivity contribution in [1.29, 1.82) is 0 Å². The molecule has 0 bridgehead atoms. The fourth-order valence-corrected chi connectivity index (χ4v) is 5.21. The summed E-state index contributed by atoms with van der Waals surface area (Å²) in [4.78, 5) is 32.2. The molecule has 0 radical (unpaired) electrons. The van der Waals surface area contributed by atoms with Gasteiger partial charge >= 0.3 is 6.18 Å². The van der Waals surface area contributed by atoms with Crippen LogP contribution in [-0.2, 0) is 22.2 Å². The van der Waals surface area contributed by atoms with Gasteiger partial charge in [0, 0.05) is 18.7 Å². The number of hydrogen-bond acceptors (Lipinski definition) is 5. The predicted octanol–water partition coefficient (Wildman–Crippen LogP) is 7.09. The number of hydrogen-bond donors (Lipinski definition) is 1. The zero-order valence-corrected chi connectivity index (χ0v) is 22.8. The summed E-state index contributed by atoms with van der Waals surface area (Å²) in [7, 11) is 0. The van der Waals surface area contributed by atoms with Crippen LogP contribution in [0, 0.1) is 0 Å². The first kappa shape index (κ1) is 29.2. The van der Waals surface area contributed by atoms with Crippen LogP contribution in [0.4, 0.5) is 24.5 Å². The molecule has 1 aliphatic heterocycles. The van der Waals surface area contributed by atoms with Gasteiger partial charge in [-0.2, -0.15) is 13.2 Å². The third-order valence-electron chi connectivity index (χ3n) is 6.12. The first-order chi connectivity index (χ1) is 19.2. The Hall–Kier alpha value is -3.79. The molecule has 6 nitrogen and oxygen atoms in total. The van der Waals surface area contributed by atoms with E-state index in [9.17, 15) is 22.8 Å². The summed E-state index contributed by atoms with van der Waals surface area (Å²) < 4.78 is 45.4. The summed E-state index contributed by atoms with van der Waals surface area (Å²) in [5, 5.41) is 2.23. The lowest BCUT2D eigenvalue weighted by atomic mass is 10.1. The van der Waals surface area contributed by atoms with Crippen LogP contribution in [0.25, 0.3) is 0 Å². The largest absolute Gasteiger partial charge is 0.494 e. The van der Waals surface area contributed by atoms with Gasteiger partial charge in [0.1, 0.15) is 11.0 Å². The lowest BCUT2D eigenvalue weighted by molar-refractivity contribution is -0.137. The number of nitrogens with zero attached hydrogens (tertiary/aromatic N) is 2. The van der Waals surface area contributed by atoms with Crippen molar-refractivity contribution < 1.29 is 27.5 Å². The molecule has 1 N–H and O–H groups in total. The lowest BCUT2D eigenvalue weighted by Crippen LogP contribution is -2.45. The van der Waals surface area contributed by atoms with Crippen molar-refractivity contribution in [2.75, 3.05) is 18.5 Å². The second-order valence-corrected chi connectivity index (χ2v) is 10.4. The van der Waals surface area contributed by atoms with Crippen LogP contribution in [0.15, 0.2) is 83.9 Å². The number of alkyl halides is 3. The molecule has 0 aliphatic carbocycles. The van der Waals surface area contributed by atoms with Gasteiger partial charge in [-0.3, -0.25) is 14.5 Å². The first-order valence-corrected chi connectivity index (χ1v) is 13.9. The number of amidine groups is 1. The van der Waals surface area contributed by atoms with E-state index >= 15 is 0 Å². The number of amides is 2. The van der Waals surface area contributed by atoms with Crippen LogP contribution in [0.1, 0.15) is 37.3 Å². The molecule has 1 heterocycles. The highest BCUT2D eigenvalue weighted by Gasteiger charge is 2.36. The maximum absolute atomic E-state index is 13.3. The summed E-state index contributed by atoms with van der Waals surface area (Å²) in [5.41, 5.74) is 0.877. The summed E-state index contributed by atoms with van der Waals surface area (Å²) in [6, 6.07) is 21.3. The minimum absolute atomic E-state index is 0.0544. The van der Waals surface area contributed by atoms with E-state index < -0.39 is 17.0 Å². The maximum Gasteiger partial charge on any atom is 0.416 e. The SMILES string of the molecule is CCCOc1ccc(NC(=O)C2CC(=O)N(CCCc3ccccc3)C(=Nc3cccc(C(F)(F)F)c3)S2)cc1. The standard InChI is InChI=1S/C30H30F3N3O3S/c1-2-18-39-25-15-13-23(14-16-25)34-28(38)26-20-27(37)36(17-7-10-21-8-4-3-5-9-21)29(40-26)35-24-12-6-11-22(19-24)30(31,32)33/h3-6,8-9,11-16,19,26H,2,7,10,17-18,20H2,1H3,(H,34,38). The minimum Gasteiger partial charge on any atom is -0.494 e. The van der Waals surface area contributed by atoms with Crippen molar-refractivity contribution in [3.05, 3.63) is 90.0 Å². The molecule has 2 amide bonds. The molecular weight excluding hydrogens is 539 g/mol. The number of carbonyl (C=O) groups is 2. The molecule has 3 aromatic rings. The zero-order chi connectivity index (χ0) is 28.5. The van der Waals surface area contributed by atoms with E-state index in [1.807, 2.05) is 37.3 Å². The Balaban J connectivity index is 1.52. The third kappa shape index (κ3) is 8.11. The number of aliphatic imine (C=N–C) groups is 1. The molecule has 4 rings (SSSR count). The van der Waals surface area contributed by atoms with Gasteiger partial charge in [0.25, 0.3) is 0 Å². The molecule has 40 heavy (non-hydrogen) atoms. The molecule has 1 fully saturated rings. The highest BCUT2D eigenvalue weighted by Crippen LogP contribution is 2.34. The Kier molecular flexibility index (Phi) is 9.87. The van der Waals surface area contributed by atoms with Gasteiger partial charge in [-0.1, -0.05) is 55.1 Å². The van der Waals surface area contributed by atoms with Crippen molar-refractivity contribution in [2.24, 2.45) is 4.99 Å². The minimum atomic E-state index is -4.53. The molecule has 0 spiro atoms. The number of ether oxygens (including phenoxy) is 1. The van der Waals surface area contributed by atoms with E-state index in [1.165, 1.54) is 17.0 Å². The van der Waals surface area contributed by atoms with Gasteiger partial charge in [-0.25, -0.2) is 4.99 Å². The van der Waals surface area contributed by atoms with Crippen molar-refractivity contribution in [1.82, 2.24) is 4.90 Å². The molecular formula is C30H30F3N3O3S. The molecule has 1 aliphatic rings. The molecule has 10 heteroatoms. The number of rotatable bonds is 10. The molecule has 1 saturated heterocycles. The van der Waals surface area contributed by atoms with Crippen LogP contribution in [0.5, 0.6) is 5.75 Å². The van der Waals surface area contributed by atoms with Gasteiger partial charge in [-0.15, -0.1) is 0 Å². The van der Waals surface area contributed by atoms with Gasteiger partial charge in [-0.05, 0) is 67.3 Å². The smallest absolute Gasteiger partial charge is 0.416 e. The van der Waals surface area contributed by atoms with Crippen LogP contribution in [0.3, 0.4) is 0 Å². The number of halogens is 3. The van der Waals surface area contributed by atoms with E-state index in [2.05, 4.69) is 10.3 Å². The van der Waals surface area contributed by atoms with Crippen LogP contribution < -0.4 is 10.1 Å². The second-order valence-electron chi connectivity index (χ2n) is 9.25. The fraction of sp³-hybridized carbons (Fsp3) is 0.300. The quantitative estimate of drug-likeness (QED) is 0.283. The van der Waals surface area contributed by atoms with E-state index in [0.717, 1.165) is 35.9 Å². The second kappa shape index (κ2) is 13.5. The van der Waals surface area contributed by atoms with Crippen LogP contribution in [-0.4, -0.2) is 40.3 Å². The predicted molar refractivity (Wildman–Crippen MR) is 152 cm³/mol. The Bertz CT molecular complexity index is 1330. The Morgan fingerprint density at radius 3 is 2.52 bits per heavy atom. The number of anilines is 1. The summed E-state index contributed by atoms with van der Waals surface area (Å²) in [6.45, 7) is 2.92. The van der Waals surface area contributed by atoms with E-state index in [4.69, 9.17) is 4.74 Å². The Morgan fingerprint density at radius 1 is 1.07 bits per heavy atom. The van der Waals surface area contributed by atoms with Crippen LogP contribution in [0.2, 0.25) is 0 Å². The number of aryl methyl sites for hydroxylation is 1. The Labute approximate surface area is 235 Å². The highest BCUT2D eigenvalue weighted by molar-refractivity contribution is 8.15. The average Bonchev–Trinajstić information content (AvgIpc) is 2.94. The monoisotopic (exact) mass is 569 g/mol. The van der Waals surface area contributed by atoms with E-state index in [1.54, 1.807) is 24.3 Å². The van der Waals surface area contributed by atoms with Crippen molar-refractivity contribution >= 4 is 40.1 Å². The van der Waals surface area contributed by atoms with Crippen molar-refractivity contribution in [2.45, 2.75) is 44.0 Å². The molecule has 0 saturated carbocycles. The van der Waals surface area contributed by atoms with Gasteiger partial charge in [0.05, 0.1) is 17.9 Å². The first-order valence-electron chi connectivity index (χ1n) is 13.0. The topological polar surface area (TPSA) is 71.0 Å². The van der Waals surface area contributed by atoms with Gasteiger partial charge in [0.2, 0.25) is 11.8 Å². The molecule has 1 atom stereocenters. The van der Waals surface area contributed by atoms with Crippen LogP contribution >= 0.6 is 11.8 Å². The average molecular weight is 570 g/mol. The van der Waals surface area contributed by atoms with Crippen molar-refractivity contribution in [3.8, 4) is 5.75 Å². The fourth-order valence-electron chi connectivity index (χ4n) is 4.09. The van der Waals surface area contributed by atoms with Crippen molar-refractivity contribution in [3.63, 3.8) is 0 Å². The van der Waals surface area contributed by atoms with E-state index in [-0.39, 0.29) is 29.1 Å². The number of nitrogens with one attached hydrogen (secondary N) is 1. The number of thioether (sulfide) groups is 1. The number of benzene rings is 3. The molecule has 210 valence electrons. The van der Waals surface area contributed by atoms with E-state index in [0.29, 0.717) is 37.4 Å². The molecule has 0 aromatic heterocycles. The summed E-state index contributed by atoms with van der Waals surface area (Å²) in [6.07, 6.45) is -2.36. The maximum atomic E-state index is 13.3. The number of carbonyl (C=O) groups excluding carboxylic acids is 2. The summed E-state index contributed by atoms with van der Waals surface area (Å²) in [5.74, 6) is -0.00836. The normalized spacial score (nSPS) is 16.7. The lowest BCUT2D eigenvalue weighted by Gasteiger charge is -2.32.